The molecule has 2 saturated heterocycles. The van der Waals surface area contributed by atoms with Crippen molar-refractivity contribution in [1.29, 1.82) is 0 Å². The van der Waals surface area contributed by atoms with Crippen LogP contribution in [0.15, 0.2) is 127 Å². The number of hydrazine groups is 1. The molecule has 344 valence electrons. The number of pyridine rings is 1. The van der Waals surface area contributed by atoms with Crippen LogP contribution in [0.4, 0.5) is 24.7 Å². The number of hydrogen-bond acceptors (Lipinski definition) is 9. The molecule has 68 heavy (non-hydrogen) atoms. The summed E-state index contributed by atoms with van der Waals surface area (Å²) in [6.45, 7) is 0. The second kappa shape index (κ2) is 16.9. The zero-order valence-corrected chi connectivity index (χ0v) is 37.6. The molecule has 1 saturated carbocycles. The molecular formula is C52H39Cl2F3N4O7. The standard InChI is InChI=1S/C52H39Cl2F3N4O7/c1-67-33-17-22-43(68-2)28(23-33)10-7-27-8-15-32(16-9-27)60-47(63)38-19-18-37-39(44(38)49(60)65)25-40-48(64)61(59-46-41(54)24-30(26-58-46)52(55,56)57)50(66)51(40,29-11-13-31(53)14-12-29)45(37)36-20-21-42(62)35-6-4-3-5-34(35)36/h3-18,20-24,26,38-40,44-45,62H,19,25H2,1-2H3,(H,58,59). The lowest BCUT2D eigenvalue weighted by molar-refractivity contribution is -0.139. The van der Waals surface area contributed by atoms with E-state index in [-0.39, 0.29) is 24.4 Å². The van der Waals surface area contributed by atoms with Gasteiger partial charge in [-0.05, 0) is 95.4 Å². The highest BCUT2D eigenvalue weighted by Crippen LogP contribution is 2.65. The molecule has 5 aromatic carbocycles. The number of phenolic OH excluding ortho intramolecular Hbond substituents is 1. The van der Waals surface area contributed by atoms with Crippen molar-refractivity contribution >= 4 is 81.3 Å². The average molecular weight is 960 g/mol. The van der Waals surface area contributed by atoms with E-state index in [1.165, 1.54) is 11.0 Å². The number of carbonyl (C=O) groups excluding carboxylic acids is 4. The third-order valence-electron chi connectivity index (χ3n) is 13.8. The van der Waals surface area contributed by atoms with Crippen molar-refractivity contribution in [3.8, 4) is 17.2 Å². The van der Waals surface area contributed by atoms with Gasteiger partial charge in [-0.1, -0.05) is 102 Å². The Labute approximate surface area is 397 Å². The predicted molar refractivity (Wildman–Crippen MR) is 250 cm³/mol. The number of aromatic hydroxyl groups is 1. The van der Waals surface area contributed by atoms with Gasteiger partial charge in [-0.3, -0.25) is 29.5 Å². The van der Waals surface area contributed by atoms with Gasteiger partial charge < -0.3 is 14.6 Å². The van der Waals surface area contributed by atoms with E-state index < -0.39 is 75.4 Å². The molecule has 1 aromatic heterocycles. The number of methoxy groups -OCH3 is 2. The molecular weight excluding hydrogens is 920 g/mol. The zero-order valence-electron chi connectivity index (χ0n) is 36.1. The Bertz CT molecular complexity index is 3140. The first-order valence-corrected chi connectivity index (χ1v) is 22.3. The Balaban J connectivity index is 1.08. The number of nitrogens with zero attached hydrogens (tertiary/aromatic N) is 3. The molecule has 10 rings (SSSR count). The molecule has 6 atom stereocenters. The normalized spacial score (nSPS) is 23.5. The number of alkyl halides is 3. The van der Waals surface area contributed by atoms with Crippen molar-refractivity contribution in [2.24, 2.45) is 23.7 Å². The summed E-state index contributed by atoms with van der Waals surface area (Å²) in [6.07, 6.45) is 1.49. The first-order chi connectivity index (χ1) is 32.6. The number of aromatic nitrogens is 1. The molecule has 2 aliphatic heterocycles. The average Bonchev–Trinajstić information content (AvgIpc) is 3.72. The number of imide groups is 2. The number of anilines is 2. The van der Waals surface area contributed by atoms with Gasteiger partial charge in [0.1, 0.15) is 17.2 Å². The number of phenols is 1. The van der Waals surface area contributed by atoms with Crippen molar-refractivity contribution in [2.75, 3.05) is 24.5 Å². The molecule has 4 amide bonds. The van der Waals surface area contributed by atoms with Gasteiger partial charge in [-0.25, -0.2) is 4.98 Å². The number of benzene rings is 5. The van der Waals surface area contributed by atoms with E-state index in [9.17, 15) is 23.1 Å². The quantitative estimate of drug-likeness (QED) is 0.0824. The van der Waals surface area contributed by atoms with Gasteiger partial charge in [-0.15, -0.1) is 0 Å². The predicted octanol–water partition coefficient (Wildman–Crippen LogP) is 10.6. The Morgan fingerprint density at radius 3 is 2.25 bits per heavy atom. The second-order valence-electron chi connectivity index (χ2n) is 17.2. The van der Waals surface area contributed by atoms with Gasteiger partial charge in [0.2, 0.25) is 11.8 Å². The van der Waals surface area contributed by atoms with Crippen LogP contribution in [0.25, 0.3) is 22.9 Å². The zero-order chi connectivity index (χ0) is 47.8. The molecule has 11 nitrogen and oxygen atoms in total. The van der Waals surface area contributed by atoms with Gasteiger partial charge in [-0.2, -0.15) is 18.2 Å². The van der Waals surface area contributed by atoms with Crippen LogP contribution in [-0.2, 0) is 30.8 Å². The topological polar surface area (TPSA) is 138 Å². The molecule has 6 unspecified atom stereocenters. The third kappa shape index (κ3) is 7.07. The van der Waals surface area contributed by atoms with Crippen LogP contribution >= 0.6 is 23.2 Å². The Hall–Kier alpha value is -7.16. The number of halogens is 5. The van der Waals surface area contributed by atoms with Gasteiger partial charge in [0.05, 0.1) is 53.7 Å². The molecule has 2 aliphatic carbocycles. The number of ether oxygens (including phenoxy) is 2. The highest BCUT2D eigenvalue weighted by molar-refractivity contribution is 6.33. The number of nitrogens with one attached hydrogen (secondary N) is 1. The minimum absolute atomic E-state index is 0.0274. The molecule has 16 heteroatoms. The summed E-state index contributed by atoms with van der Waals surface area (Å²) >= 11 is 12.8. The van der Waals surface area contributed by atoms with Crippen molar-refractivity contribution in [1.82, 2.24) is 9.99 Å². The fraction of sp³-hybridized carbons (Fsp3) is 0.212. The van der Waals surface area contributed by atoms with E-state index in [0.717, 1.165) is 16.1 Å². The molecule has 2 N–H and O–H groups in total. The minimum atomic E-state index is -4.77. The van der Waals surface area contributed by atoms with Gasteiger partial charge >= 0.3 is 6.18 Å². The largest absolute Gasteiger partial charge is 0.507 e. The lowest BCUT2D eigenvalue weighted by Gasteiger charge is -2.51. The molecule has 0 radical (unpaired) electrons. The van der Waals surface area contributed by atoms with Crippen LogP contribution in [0, 0.1) is 23.7 Å². The monoisotopic (exact) mass is 958 g/mol. The summed E-state index contributed by atoms with van der Waals surface area (Å²) in [5, 5.41) is 12.8. The fourth-order valence-electron chi connectivity index (χ4n) is 10.8. The summed E-state index contributed by atoms with van der Waals surface area (Å²) in [4.78, 5) is 65.5. The summed E-state index contributed by atoms with van der Waals surface area (Å²) < 4.78 is 51.9. The molecule has 6 aromatic rings. The number of hydrogen-bond donors (Lipinski definition) is 2. The number of allylic oxidation sites excluding steroid dienone is 2. The summed E-state index contributed by atoms with van der Waals surface area (Å²) in [5.74, 6) is -6.17. The van der Waals surface area contributed by atoms with Crippen molar-refractivity contribution in [3.05, 3.63) is 165 Å². The minimum Gasteiger partial charge on any atom is -0.507 e. The molecule has 3 heterocycles. The third-order valence-corrected chi connectivity index (χ3v) is 14.4. The Kier molecular flexibility index (Phi) is 11.1. The Morgan fingerprint density at radius 1 is 0.824 bits per heavy atom. The van der Waals surface area contributed by atoms with E-state index in [4.69, 9.17) is 32.7 Å². The number of amides is 4. The number of carbonyl (C=O) groups is 4. The van der Waals surface area contributed by atoms with Crippen LogP contribution in [0.1, 0.15) is 46.6 Å². The van der Waals surface area contributed by atoms with Crippen LogP contribution in [-0.4, -0.2) is 52.9 Å². The summed E-state index contributed by atoms with van der Waals surface area (Å²) in [6, 6.07) is 29.9. The highest BCUT2D eigenvalue weighted by Gasteiger charge is 2.70. The Morgan fingerprint density at radius 2 is 1.56 bits per heavy atom. The van der Waals surface area contributed by atoms with Gasteiger partial charge in [0.15, 0.2) is 5.82 Å². The molecule has 0 spiro atoms. The van der Waals surface area contributed by atoms with Crippen molar-refractivity contribution in [2.45, 2.75) is 30.4 Å². The molecule has 4 aliphatic rings. The van der Waals surface area contributed by atoms with Crippen LogP contribution in [0.5, 0.6) is 17.2 Å². The summed E-state index contributed by atoms with van der Waals surface area (Å²) in [5.41, 5.74) is 3.30. The van der Waals surface area contributed by atoms with E-state index in [1.54, 1.807) is 105 Å². The van der Waals surface area contributed by atoms with E-state index in [2.05, 4.69) is 10.4 Å². The highest BCUT2D eigenvalue weighted by atomic mass is 35.5. The van der Waals surface area contributed by atoms with Crippen LogP contribution in [0.2, 0.25) is 10.0 Å². The lowest BCUT2D eigenvalue weighted by Crippen LogP contribution is -2.53. The first-order valence-electron chi connectivity index (χ1n) is 21.6. The van der Waals surface area contributed by atoms with Gasteiger partial charge in [0, 0.05) is 28.1 Å². The number of rotatable bonds is 9. The second-order valence-corrected chi connectivity index (χ2v) is 18.0. The maximum Gasteiger partial charge on any atom is 0.417 e. The maximum atomic E-state index is 15.7. The summed E-state index contributed by atoms with van der Waals surface area (Å²) in [7, 11) is 3.15. The molecule has 0 bridgehead atoms. The lowest BCUT2D eigenvalue weighted by atomic mass is 9.49. The van der Waals surface area contributed by atoms with Crippen molar-refractivity contribution < 1.29 is 46.9 Å². The fourth-order valence-corrected chi connectivity index (χ4v) is 11.2. The molecule has 3 fully saturated rings. The maximum absolute atomic E-state index is 15.7. The van der Waals surface area contributed by atoms with E-state index >= 15 is 14.4 Å². The van der Waals surface area contributed by atoms with Crippen molar-refractivity contribution in [3.63, 3.8) is 0 Å². The van der Waals surface area contributed by atoms with Crippen LogP contribution < -0.4 is 19.8 Å². The first kappa shape index (κ1) is 44.7. The number of fused-ring (bicyclic) bond motifs is 5. The van der Waals surface area contributed by atoms with E-state index in [0.29, 0.717) is 61.9 Å². The van der Waals surface area contributed by atoms with Crippen LogP contribution in [0.3, 0.4) is 0 Å². The smallest absolute Gasteiger partial charge is 0.417 e. The SMILES string of the molecule is COc1ccc(OC)c(C=Cc2ccc(N3C(=O)C4CC=C5C(CC6C(=O)N(Nc7ncc(C(F)(F)F)cc7Cl)C(=O)C6(c6ccc(Cl)cc6)C5c5ccc(O)c6ccccc56)C4C3=O)cc2)c1. The van der Waals surface area contributed by atoms with E-state index in [1.807, 2.05) is 24.3 Å². The van der Waals surface area contributed by atoms with Gasteiger partial charge in [0.25, 0.3) is 11.8 Å².